The van der Waals surface area contributed by atoms with Crippen molar-refractivity contribution in [2.75, 3.05) is 12.4 Å². The minimum absolute atomic E-state index is 0.117. The molecule has 0 saturated carbocycles. The van der Waals surface area contributed by atoms with Crippen LogP contribution in [0.2, 0.25) is 5.02 Å². The van der Waals surface area contributed by atoms with Gasteiger partial charge in [0, 0.05) is 10.7 Å². The summed E-state index contributed by atoms with van der Waals surface area (Å²) in [5.74, 6) is 1.92. The van der Waals surface area contributed by atoms with E-state index in [4.69, 9.17) is 21.1 Å². The number of para-hydroxylation sites is 2. The molecule has 1 amide bonds. The fourth-order valence-corrected chi connectivity index (χ4v) is 3.24. The first-order valence-corrected chi connectivity index (χ1v) is 9.76. The number of benzene rings is 3. The summed E-state index contributed by atoms with van der Waals surface area (Å²) in [5, 5.41) is 3.55. The molecule has 6 nitrogen and oxygen atoms in total. The summed E-state index contributed by atoms with van der Waals surface area (Å²) in [6.07, 6.45) is 0. The average molecular weight is 422 g/mol. The van der Waals surface area contributed by atoms with Crippen LogP contribution in [0.4, 0.5) is 5.69 Å². The number of carbonyl (C=O) groups is 1. The van der Waals surface area contributed by atoms with Crippen LogP contribution in [0.25, 0.3) is 11.0 Å². The Morgan fingerprint density at radius 3 is 2.43 bits per heavy atom. The monoisotopic (exact) mass is 421 g/mol. The van der Waals surface area contributed by atoms with Gasteiger partial charge in [0.15, 0.2) is 0 Å². The SMILES string of the molecule is COc1ccc(NC(=O)Cn2c(COc3ccc(Cl)cc3)nc3ccccc32)cc1. The van der Waals surface area contributed by atoms with Crippen molar-refractivity contribution in [3.8, 4) is 11.5 Å². The van der Waals surface area contributed by atoms with Gasteiger partial charge in [0.25, 0.3) is 0 Å². The highest BCUT2D eigenvalue weighted by molar-refractivity contribution is 6.30. The Balaban J connectivity index is 1.53. The summed E-state index contributed by atoms with van der Waals surface area (Å²) in [5.41, 5.74) is 2.38. The number of ether oxygens (including phenoxy) is 2. The number of nitrogens with zero attached hydrogens (tertiary/aromatic N) is 2. The lowest BCUT2D eigenvalue weighted by Crippen LogP contribution is -2.20. The van der Waals surface area contributed by atoms with Crippen LogP contribution >= 0.6 is 11.6 Å². The molecular weight excluding hydrogens is 402 g/mol. The third-order valence-electron chi connectivity index (χ3n) is 4.59. The van der Waals surface area contributed by atoms with Gasteiger partial charge in [0.05, 0.1) is 18.1 Å². The highest BCUT2D eigenvalue weighted by atomic mass is 35.5. The number of nitrogens with one attached hydrogen (secondary N) is 1. The quantitative estimate of drug-likeness (QED) is 0.460. The standard InChI is InChI=1S/C23H20ClN3O3/c1-29-18-12-8-17(9-13-18)25-23(28)14-27-21-5-3-2-4-20(21)26-22(27)15-30-19-10-6-16(24)7-11-19/h2-13H,14-15H2,1H3,(H,25,28). The predicted molar refractivity (Wildman–Crippen MR) is 117 cm³/mol. The Bertz CT molecular complexity index is 1150. The maximum atomic E-state index is 12.7. The number of halogens is 1. The number of amides is 1. The number of hydrogen-bond acceptors (Lipinski definition) is 4. The van der Waals surface area contributed by atoms with Crippen LogP contribution in [0.1, 0.15) is 5.82 Å². The predicted octanol–water partition coefficient (Wildman–Crippen LogP) is 4.92. The van der Waals surface area contributed by atoms with Gasteiger partial charge in [-0.05, 0) is 60.7 Å². The molecule has 0 saturated heterocycles. The number of fused-ring (bicyclic) bond motifs is 1. The lowest BCUT2D eigenvalue weighted by atomic mass is 10.3. The van der Waals surface area contributed by atoms with Crippen molar-refractivity contribution in [1.82, 2.24) is 9.55 Å². The van der Waals surface area contributed by atoms with E-state index in [0.29, 0.717) is 22.3 Å². The molecule has 0 fully saturated rings. The molecule has 0 aliphatic rings. The lowest BCUT2D eigenvalue weighted by molar-refractivity contribution is -0.116. The van der Waals surface area contributed by atoms with Gasteiger partial charge in [-0.3, -0.25) is 4.79 Å². The first kappa shape index (κ1) is 19.8. The largest absolute Gasteiger partial charge is 0.497 e. The van der Waals surface area contributed by atoms with E-state index in [2.05, 4.69) is 10.3 Å². The van der Waals surface area contributed by atoms with Gasteiger partial charge in [-0.2, -0.15) is 0 Å². The summed E-state index contributed by atoms with van der Waals surface area (Å²) in [6, 6.07) is 22.0. The highest BCUT2D eigenvalue weighted by Crippen LogP contribution is 2.21. The summed E-state index contributed by atoms with van der Waals surface area (Å²) in [7, 11) is 1.60. The molecule has 1 heterocycles. The van der Waals surface area contributed by atoms with Gasteiger partial charge in [-0.1, -0.05) is 23.7 Å². The van der Waals surface area contributed by atoms with Gasteiger partial charge in [0.1, 0.15) is 30.5 Å². The van der Waals surface area contributed by atoms with Gasteiger partial charge >= 0.3 is 0 Å². The Morgan fingerprint density at radius 1 is 1.00 bits per heavy atom. The first-order chi connectivity index (χ1) is 14.6. The van der Waals surface area contributed by atoms with E-state index in [0.717, 1.165) is 16.8 Å². The number of methoxy groups -OCH3 is 1. The summed E-state index contributed by atoms with van der Waals surface area (Å²) in [4.78, 5) is 17.3. The van der Waals surface area contributed by atoms with Gasteiger partial charge in [-0.25, -0.2) is 4.98 Å². The summed E-state index contributed by atoms with van der Waals surface area (Å²) in [6.45, 7) is 0.345. The second-order valence-corrected chi connectivity index (χ2v) is 7.06. The van der Waals surface area contributed by atoms with Crippen LogP contribution in [0.15, 0.2) is 72.8 Å². The van der Waals surface area contributed by atoms with E-state index in [1.165, 1.54) is 0 Å². The van der Waals surface area contributed by atoms with Gasteiger partial charge < -0.3 is 19.4 Å². The molecular formula is C23H20ClN3O3. The third-order valence-corrected chi connectivity index (χ3v) is 4.84. The molecule has 0 spiro atoms. The van der Waals surface area contributed by atoms with Crippen molar-refractivity contribution in [2.45, 2.75) is 13.2 Å². The molecule has 0 aliphatic heterocycles. The fourth-order valence-electron chi connectivity index (χ4n) is 3.11. The molecule has 0 atom stereocenters. The zero-order chi connectivity index (χ0) is 20.9. The van der Waals surface area contributed by atoms with Crippen molar-refractivity contribution in [1.29, 1.82) is 0 Å². The second-order valence-electron chi connectivity index (χ2n) is 6.62. The van der Waals surface area contributed by atoms with Crippen molar-refractivity contribution >= 4 is 34.2 Å². The maximum Gasteiger partial charge on any atom is 0.244 e. The van der Waals surface area contributed by atoms with E-state index in [-0.39, 0.29) is 19.1 Å². The number of hydrogen-bond donors (Lipinski definition) is 1. The summed E-state index contributed by atoms with van der Waals surface area (Å²) >= 11 is 5.92. The molecule has 0 bridgehead atoms. The van der Waals surface area contributed by atoms with E-state index >= 15 is 0 Å². The Labute approximate surface area is 179 Å². The zero-order valence-corrected chi connectivity index (χ0v) is 17.1. The molecule has 4 rings (SSSR count). The van der Waals surface area contributed by atoms with Gasteiger partial charge in [0.2, 0.25) is 5.91 Å². The molecule has 0 radical (unpaired) electrons. The number of rotatable bonds is 7. The molecule has 1 aromatic heterocycles. The number of aromatic nitrogens is 2. The van der Waals surface area contributed by atoms with E-state index < -0.39 is 0 Å². The van der Waals surface area contributed by atoms with Crippen molar-refractivity contribution in [3.05, 3.63) is 83.6 Å². The maximum absolute atomic E-state index is 12.7. The van der Waals surface area contributed by atoms with Crippen LogP contribution in [0, 0.1) is 0 Å². The molecule has 1 N–H and O–H groups in total. The lowest BCUT2D eigenvalue weighted by Gasteiger charge is -2.11. The van der Waals surface area contributed by atoms with E-state index in [9.17, 15) is 4.79 Å². The molecule has 0 unspecified atom stereocenters. The van der Waals surface area contributed by atoms with Gasteiger partial charge in [-0.15, -0.1) is 0 Å². The number of imidazole rings is 1. The van der Waals surface area contributed by atoms with Crippen molar-refractivity contribution < 1.29 is 14.3 Å². The molecule has 152 valence electrons. The topological polar surface area (TPSA) is 65.4 Å². The average Bonchev–Trinajstić information content (AvgIpc) is 3.11. The zero-order valence-electron chi connectivity index (χ0n) is 16.3. The first-order valence-electron chi connectivity index (χ1n) is 9.39. The van der Waals surface area contributed by atoms with Crippen LogP contribution < -0.4 is 14.8 Å². The minimum Gasteiger partial charge on any atom is -0.497 e. The molecule has 4 aromatic rings. The fraction of sp³-hybridized carbons (Fsp3) is 0.130. The molecule has 30 heavy (non-hydrogen) atoms. The van der Waals surface area contributed by atoms with Crippen molar-refractivity contribution in [2.24, 2.45) is 0 Å². The molecule has 0 aliphatic carbocycles. The Kier molecular flexibility index (Phi) is 5.86. The van der Waals surface area contributed by atoms with Crippen LogP contribution in [-0.4, -0.2) is 22.6 Å². The second kappa shape index (κ2) is 8.88. The van der Waals surface area contributed by atoms with E-state index in [1.807, 2.05) is 28.8 Å². The van der Waals surface area contributed by atoms with E-state index in [1.54, 1.807) is 55.6 Å². The van der Waals surface area contributed by atoms with Crippen LogP contribution in [-0.2, 0) is 17.9 Å². The van der Waals surface area contributed by atoms with Crippen molar-refractivity contribution in [3.63, 3.8) is 0 Å². The Morgan fingerprint density at radius 2 is 1.70 bits per heavy atom. The van der Waals surface area contributed by atoms with Crippen LogP contribution in [0.5, 0.6) is 11.5 Å². The Hall–Kier alpha value is -3.51. The molecule has 7 heteroatoms. The summed E-state index contributed by atoms with van der Waals surface area (Å²) < 4.78 is 12.9. The third kappa shape index (κ3) is 4.55. The minimum atomic E-state index is -0.156. The molecule has 3 aromatic carbocycles. The van der Waals surface area contributed by atoms with Crippen LogP contribution in [0.3, 0.4) is 0 Å². The highest BCUT2D eigenvalue weighted by Gasteiger charge is 2.14. The normalized spacial score (nSPS) is 10.7. The number of anilines is 1. The smallest absolute Gasteiger partial charge is 0.244 e. The number of carbonyl (C=O) groups excluding carboxylic acids is 1.